The Bertz CT molecular complexity index is 708. The van der Waals surface area contributed by atoms with Crippen LogP contribution in [0.4, 0.5) is 15.8 Å². The Morgan fingerprint density at radius 2 is 1.83 bits per heavy atom. The van der Waals surface area contributed by atoms with Crippen LogP contribution in [0.1, 0.15) is 18.4 Å². The molecule has 2 aliphatic rings. The topological polar surface area (TPSA) is 18.5 Å². The van der Waals surface area contributed by atoms with E-state index in [1.807, 2.05) is 6.07 Å². The molecular formula is C20H24FN3. The SMILES string of the molecule is CN1c2cc(F)ccc2NCC12CCN(Cc1ccccc1)CC2. The smallest absolute Gasteiger partial charge is 0.125 e. The van der Waals surface area contributed by atoms with Gasteiger partial charge < -0.3 is 10.2 Å². The van der Waals surface area contributed by atoms with E-state index in [2.05, 4.69) is 52.5 Å². The molecular weight excluding hydrogens is 301 g/mol. The van der Waals surface area contributed by atoms with Crippen LogP contribution in [0.2, 0.25) is 0 Å². The Labute approximate surface area is 143 Å². The molecule has 126 valence electrons. The maximum Gasteiger partial charge on any atom is 0.125 e. The molecule has 4 rings (SSSR count). The fourth-order valence-corrected chi connectivity index (χ4v) is 4.05. The minimum atomic E-state index is -0.166. The van der Waals surface area contributed by atoms with Crippen LogP contribution < -0.4 is 10.2 Å². The molecule has 0 atom stereocenters. The van der Waals surface area contributed by atoms with Gasteiger partial charge in [0.2, 0.25) is 0 Å². The number of hydrogen-bond donors (Lipinski definition) is 1. The van der Waals surface area contributed by atoms with Gasteiger partial charge in [-0.05, 0) is 36.6 Å². The van der Waals surface area contributed by atoms with Crippen LogP contribution in [0.5, 0.6) is 0 Å². The van der Waals surface area contributed by atoms with E-state index < -0.39 is 0 Å². The molecule has 1 spiro atoms. The van der Waals surface area contributed by atoms with Crippen LogP contribution in [-0.2, 0) is 6.54 Å². The molecule has 1 saturated heterocycles. The van der Waals surface area contributed by atoms with E-state index in [4.69, 9.17) is 0 Å². The van der Waals surface area contributed by atoms with Gasteiger partial charge in [-0.2, -0.15) is 0 Å². The highest BCUT2D eigenvalue weighted by atomic mass is 19.1. The number of nitrogens with one attached hydrogen (secondary N) is 1. The third-order valence-electron chi connectivity index (χ3n) is 5.68. The lowest BCUT2D eigenvalue weighted by atomic mass is 9.83. The summed E-state index contributed by atoms with van der Waals surface area (Å²) in [4.78, 5) is 4.83. The Kier molecular flexibility index (Phi) is 3.93. The maximum absolute atomic E-state index is 13.7. The highest BCUT2D eigenvalue weighted by Crippen LogP contribution is 2.40. The molecule has 0 aliphatic carbocycles. The van der Waals surface area contributed by atoms with Gasteiger partial charge in [-0.1, -0.05) is 30.3 Å². The van der Waals surface area contributed by atoms with Crippen molar-refractivity contribution in [1.29, 1.82) is 0 Å². The van der Waals surface area contributed by atoms with E-state index in [0.717, 1.165) is 50.4 Å². The molecule has 0 unspecified atom stereocenters. The van der Waals surface area contributed by atoms with Crippen LogP contribution in [-0.4, -0.2) is 37.1 Å². The number of likely N-dealkylation sites (tertiary alicyclic amines) is 1. The molecule has 2 aromatic carbocycles. The zero-order chi connectivity index (χ0) is 16.6. The first-order valence-electron chi connectivity index (χ1n) is 8.70. The van der Waals surface area contributed by atoms with Gasteiger partial charge in [0.15, 0.2) is 0 Å². The molecule has 0 saturated carbocycles. The number of rotatable bonds is 2. The summed E-state index contributed by atoms with van der Waals surface area (Å²) in [5, 5.41) is 3.52. The number of anilines is 2. The second-order valence-corrected chi connectivity index (χ2v) is 7.06. The average Bonchev–Trinajstić information content (AvgIpc) is 2.62. The van der Waals surface area contributed by atoms with Crippen molar-refractivity contribution in [3.63, 3.8) is 0 Å². The number of halogens is 1. The fraction of sp³-hybridized carbons (Fsp3) is 0.400. The van der Waals surface area contributed by atoms with Gasteiger partial charge in [-0.15, -0.1) is 0 Å². The molecule has 3 nitrogen and oxygen atoms in total. The van der Waals surface area contributed by atoms with Gasteiger partial charge in [0.1, 0.15) is 5.82 Å². The molecule has 0 aromatic heterocycles. The first kappa shape index (κ1) is 15.5. The molecule has 0 radical (unpaired) electrons. The normalized spacial score (nSPS) is 19.8. The fourth-order valence-electron chi connectivity index (χ4n) is 4.05. The van der Waals surface area contributed by atoms with E-state index in [9.17, 15) is 4.39 Å². The Hall–Kier alpha value is -2.07. The number of benzene rings is 2. The second kappa shape index (κ2) is 6.10. The minimum absolute atomic E-state index is 0.0913. The number of fused-ring (bicyclic) bond motifs is 1. The van der Waals surface area contributed by atoms with Crippen LogP contribution in [0.25, 0.3) is 0 Å². The predicted octanol–water partition coefficient (Wildman–Crippen LogP) is 3.72. The summed E-state index contributed by atoms with van der Waals surface area (Å²) in [6, 6.07) is 15.7. The van der Waals surface area contributed by atoms with Crippen LogP contribution in [0, 0.1) is 5.82 Å². The largest absolute Gasteiger partial charge is 0.381 e. The van der Waals surface area contributed by atoms with Crippen molar-refractivity contribution in [2.75, 3.05) is 36.9 Å². The first-order chi connectivity index (χ1) is 11.7. The number of piperidine rings is 1. The van der Waals surface area contributed by atoms with Crippen LogP contribution in [0.3, 0.4) is 0 Å². The Balaban J connectivity index is 1.47. The van der Waals surface area contributed by atoms with Crippen molar-refractivity contribution in [2.45, 2.75) is 24.9 Å². The summed E-state index contributed by atoms with van der Waals surface area (Å²) in [6.45, 7) is 4.09. The lowest BCUT2D eigenvalue weighted by Gasteiger charge is -2.51. The third kappa shape index (κ3) is 2.75. The second-order valence-electron chi connectivity index (χ2n) is 7.06. The average molecular weight is 325 g/mol. The lowest BCUT2D eigenvalue weighted by molar-refractivity contribution is 0.156. The van der Waals surface area contributed by atoms with Crippen LogP contribution in [0.15, 0.2) is 48.5 Å². The highest BCUT2D eigenvalue weighted by molar-refractivity contribution is 5.73. The van der Waals surface area contributed by atoms with Gasteiger partial charge in [-0.25, -0.2) is 4.39 Å². The first-order valence-corrected chi connectivity index (χ1v) is 8.70. The van der Waals surface area contributed by atoms with Crippen molar-refractivity contribution in [1.82, 2.24) is 4.90 Å². The molecule has 2 aromatic rings. The predicted molar refractivity (Wildman–Crippen MR) is 97.0 cm³/mol. The van der Waals surface area contributed by atoms with Crippen molar-refractivity contribution in [2.24, 2.45) is 0 Å². The molecule has 2 heterocycles. The molecule has 24 heavy (non-hydrogen) atoms. The summed E-state index contributed by atoms with van der Waals surface area (Å²) in [5.74, 6) is -0.166. The standard InChI is InChI=1S/C20H24FN3/c1-23-19-13-17(21)7-8-18(19)22-15-20(23)9-11-24(12-10-20)14-16-5-3-2-4-6-16/h2-8,13,22H,9-12,14-15H2,1H3. The minimum Gasteiger partial charge on any atom is -0.381 e. The van der Waals surface area contributed by atoms with Gasteiger partial charge in [0.25, 0.3) is 0 Å². The maximum atomic E-state index is 13.7. The van der Waals surface area contributed by atoms with E-state index in [1.165, 1.54) is 11.6 Å². The Morgan fingerprint density at radius 3 is 2.58 bits per heavy atom. The number of hydrogen-bond acceptors (Lipinski definition) is 3. The lowest BCUT2D eigenvalue weighted by Crippen LogP contribution is -2.59. The number of nitrogens with zero attached hydrogens (tertiary/aromatic N) is 2. The van der Waals surface area contributed by atoms with Gasteiger partial charge in [0.05, 0.1) is 16.9 Å². The molecule has 1 N–H and O–H groups in total. The molecule has 1 fully saturated rings. The zero-order valence-electron chi connectivity index (χ0n) is 14.1. The molecule has 0 amide bonds. The number of likely N-dealkylation sites (N-methyl/N-ethyl adjacent to an activating group) is 1. The van der Waals surface area contributed by atoms with E-state index >= 15 is 0 Å². The van der Waals surface area contributed by atoms with Gasteiger partial charge in [0, 0.05) is 33.2 Å². The van der Waals surface area contributed by atoms with Crippen molar-refractivity contribution in [3.05, 3.63) is 59.9 Å². The summed E-state index contributed by atoms with van der Waals surface area (Å²) in [7, 11) is 2.12. The summed E-state index contributed by atoms with van der Waals surface area (Å²) in [5.41, 5.74) is 3.48. The zero-order valence-corrected chi connectivity index (χ0v) is 14.1. The van der Waals surface area contributed by atoms with E-state index in [0.29, 0.717) is 0 Å². The summed E-state index contributed by atoms with van der Waals surface area (Å²) >= 11 is 0. The van der Waals surface area contributed by atoms with Crippen molar-refractivity contribution >= 4 is 11.4 Å². The Morgan fingerprint density at radius 1 is 1.08 bits per heavy atom. The highest BCUT2D eigenvalue weighted by Gasteiger charge is 2.41. The summed E-state index contributed by atoms with van der Waals surface area (Å²) < 4.78 is 13.7. The quantitative estimate of drug-likeness (QED) is 0.908. The summed E-state index contributed by atoms with van der Waals surface area (Å²) in [6.07, 6.45) is 2.19. The van der Waals surface area contributed by atoms with E-state index in [-0.39, 0.29) is 11.4 Å². The van der Waals surface area contributed by atoms with Crippen molar-refractivity contribution in [3.8, 4) is 0 Å². The van der Waals surface area contributed by atoms with Gasteiger partial charge >= 0.3 is 0 Å². The van der Waals surface area contributed by atoms with Crippen LogP contribution >= 0.6 is 0 Å². The molecule has 2 aliphatic heterocycles. The monoisotopic (exact) mass is 325 g/mol. The van der Waals surface area contributed by atoms with Crippen molar-refractivity contribution < 1.29 is 4.39 Å². The van der Waals surface area contributed by atoms with Gasteiger partial charge in [-0.3, -0.25) is 4.90 Å². The third-order valence-corrected chi connectivity index (χ3v) is 5.68. The molecule has 4 heteroatoms. The molecule has 0 bridgehead atoms. The van der Waals surface area contributed by atoms with E-state index in [1.54, 1.807) is 6.07 Å².